The Morgan fingerprint density at radius 2 is 2.33 bits per heavy atom. The fourth-order valence-corrected chi connectivity index (χ4v) is 3.65. The van der Waals surface area contributed by atoms with Gasteiger partial charge in [0.1, 0.15) is 0 Å². The summed E-state index contributed by atoms with van der Waals surface area (Å²) in [7, 11) is 0. The molecular formula is C13H19NS. The van der Waals surface area contributed by atoms with Crippen molar-refractivity contribution < 1.29 is 0 Å². The highest BCUT2D eigenvalue weighted by Gasteiger charge is 2.43. The Morgan fingerprint density at radius 1 is 1.53 bits per heavy atom. The first-order valence-electron chi connectivity index (χ1n) is 5.62. The van der Waals surface area contributed by atoms with Crippen molar-refractivity contribution >= 4 is 11.8 Å². The number of hydrogen-bond acceptors (Lipinski definition) is 2. The third-order valence-corrected chi connectivity index (χ3v) is 5.22. The minimum atomic E-state index is 0.313. The highest BCUT2D eigenvalue weighted by molar-refractivity contribution is 8.00. The summed E-state index contributed by atoms with van der Waals surface area (Å²) in [6.45, 7) is 5.26. The Bertz CT molecular complexity index is 346. The summed E-state index contributed by atoms with van der Waals surface area (Å²) in [5, 5.41) is 0. The third-order valence-electron chi connectivity index (χ3n) is 3.55. The Kier molecular flexibility index (Phi) is 3.08. The number of nitrogens with two attached hydrogens (primary N) is 1. The molecule has 1 saturated carbocycles. The van der Waals surface area contributed by atoms with E-state index in [4.69, 9.17) is 5.73 Å². The summed E-state index contributed by atoms with van der Waals surface area (Å²) < 4.78 is 0.313. The summed E-state index contributed by atoms with van der Waals surface area (Å²) in [4.78, 5) is 1.37. The van der Waals surface area contributed by atoms with E-state index in [1.165, 1.54) is 23.3 Å². The van der Waals surface area contributed by atoms with Crippen LogP contribution in [0.3, 0.4) is 0 Å². The van der Waals surface area contributed by atoms with Gasteiger partial charge in [-0.1, -0.05) is 24.6 Å². The van der Waals surface area contributed by atoms with Crippen LogP contribution in [-0.2, 0) is 0 Å². The van der Waals surface area contributed by atoms with Crippen molar-refractivity contribution in [1.82, 2.24) is 0 Å². The van der Waals surface area contributed by atoms with Crippen LogP contribution in [-0.4, -0.2) is 11.3 Å². The predicted octanol–water partition coefficient (Wildman–Crippen LogP) is 3.21. The van der Waals surface area contributed by atoms with Crippen LogP contribution in [0.25, 0.3) is 0 Å². The van der Waals surface area contributed by atoms with Gasteiger partial charge < -0.3 is 5.73 Å². The van der Waals surface area contributed by atoms with Gasteiger partial charge in [0.25, 0.3) is 0 Å². The number of rotatable bonds is 3. The number of aryl methyl sites for hydroxylation is 1. The van der Waals surface area contributed by atoms with Crippen molar-refractivity contribution in [1.29, 1.82) is 0 Å². The van der Waals surface area contributed by atoms with Crippen molar-refractivity contribution in [3.05, 3.63) is 29.8 Å². The highest BCUT2D eigenvalue weighted by Crippen LogP contribution is 2.50. The SMILES string of the molecule is Cc1cccc(SC2(CN)CCC2C)c1. The van der Waals surface area contributed by atoms with Gasteiger partial charge in [0.05, 0.1) is 0 Å². The molecule has 1 fully saturated rings. The second-order valence-electron chi connectivity index (χ2n) is 4.63. The minimum absolute atomic E-state index is 0.313. The lowest BCUT2D eigenvalue weighted by Crippen LogP contribution is -2.48. The Hall–Kier alpha value is -0.470. The fourth-order valence-electron chi connectivity index (χ4n) is 2.17. The molecule has 0 radical (unpaired) electrons. The van der Waals surface area contributed by atoms with Crippen molar-refractivity contribution in [2.45, 2.75) is 36.3 Å². The molecule has 1 aliphatic carbocycles. The standard InChI is InChI=1S/C13H19NS/c1-10-4-3-5-12(8-10)15-13(9-14)7-6-11(13)2/h3-5,8,11H,6-7,9,14H2,1-2H3. The minimum Gasteiger partial charge on any atom is -0.329 e. The van der Waals surface area contributed by atoms with Gasteiger partial charge in [-0.25, -0.2) is 0 Å². The normalized spacial score (nSPS) is 29.9. The van der Waals surface area contributed by atoms with E-state index in [9.17, 15) is 0 Å². The molecule has 2 unspecified atom stereocenters. The zero-order chi connectivity index (χ0) is 10.9. The molecule has 2 rings (SSSR count). The van der Waals surface area contributed by atoms with Gasteiger partial charge in [-0.05, 0) is 37.8 Å². The molecule has 82 valence electrons. The topological polar surface area (TPSA) is 26.0 Å². The van der Waals surface area contributed by atoms with E-state index in [-0.39, 0.29) is 0 Å². The molecule has 1 aliphatic rings. The van der Waals surface area contributed by atoms with Gasteiger partial charge in [0, 0.05) is 16.2 Å². The predicted molar refractivity (Wildman–Crippen MR) is 67.2 cm³/mol. The molecule has 1 aromatic rings. The van der Waals surface area contributed by atoms with Gasteiger partial charge in [-0.2, -0.15) is 0 Å². The molecule has 15 heavy (non-hydrogen) atoms. The summed E-state index contributed by atoms with van der Waals surface area (Å²) in [6, 6.07) is 8.72. The Morgan fingerprint density at radius 3 is 2.80 bits per heavy atom. The molecule has 0 spiro atoms. The van der Waals surface area contributed by atoms with E-state index in [1.807, 2.05) is 11.8 Å². The number of benzene rings is 1. The van der Waals surface area contributed by atoms with Gasteiger partial charge in [-0.15, -0.1) is 11.8 Å². The molecule has 1 aromatic carbocycles. The van der Waals surface area contributed by atoms with Crippen molar-refractivity contribution in [3.63, 3.8) is 0 Å². The van der Waals surface area contributed by atoms with Crippen LogP contribution in [0.2, 0.25) is 0 Å². The smallest absolute Gasteiger partial charge is 0.0354 e. The van der Waals surface area contributed by atoms with Crippen molar-refractivity contribution in [2.24, 2.45) is 11.7 Å². The summed E-state index contributed by atoms with van der Waals surface area (Å²) in [5.74, 6) is 0.757. The molecule has 0 aromatic heterocycles. The van der Waals surface area contributed by atoms with E-state index in [2.05, 4.69) is 38.1 Å². The molecule has 0 heterocycles. The maximum absolute atomic E-state index is 5.92. The third kappa shape index (κ3) is 2.06. The van der Waals surface area contributed by atoms with Crippen LogP contribution in [0.15, 0.2) is 29.2 Å². The van der Waals surface area contributed by atoms with Crippen LogP contribution in [0.4, 0.5) is 0 Å². The summed E-state index contributed by atoms with van der Waals surface area (Å²) >= 11 is 1.98. The average Bonchev–Trinajstić information content (AvgIpc) is 2.24. The molecule has 0 saturated heterocycles. The zero-order valence-corrected chi connectivity index (χ0v) is 10.3. The summed E-state index contributed by atoms with van der Waals surface area (Å²) in [6.07, 6.45) is 2.60. The Labute approximate surface area is 96.4 Å². The van der Waals surface area contributed by atoms with Gasteiger partial charge in [0.15, 0.2) is 0 Å². The van der Waals surface area contributed by atoms with E-state index in [1.54, 1.807) is 0 Å². The van der Waals surface area contributed by atoms with Gasteiger partial charge in [-0.3, -0.25) is 0 Å². The highest BCUT2D eigenvalue weighted by atomic mass is 32.2. The van der Waals surface area contributed by atoms with Gasteiger partial charge in [0.2, 0.25) is 0 Å². The molecular weight excluding hydrogens is 202 g/mol. The molecule has 2 heteroatoms. The lowest BCUT2D eigenvalue weighted by Gasteiger charge is -2.47. The first kappa shape index (κ1) is 11.0. The van der Waals surface area contributed by atoms with Crippen LogP contribution in [0.1, 0.15) is 25.3 Å². The van der Waals surface area contributed by atoms with E-state index in [0.717, 1.165) is 12.5 Å². The fraction of sp³-hybridized carbons (Fsp3) is 0.538. The van der Waals surface area contributed by atoms with E-state index < -0.39 is 0 Å². The first-order valence-corrected chi connectivity index (χ1v) is 6.44. The quantitative estimate of drug-likeness (QED) is 0.848. The first-order chi connectivity index (χ1) is 7.16. The lowest BCUT2D eigenvalue weighted by molar-refractivity contribution is 0.245. The molecule has 1 nitrogen and oxygen atoms in total. The van der Waals surface area contributed by atoms with Crippen molar-refractivity contribution in [2.75, 3.05) is 6.54 Å². The van der Waals surface area contributed by atoms with E-state index in [0.29, 0.717) is 4.75 Å². The number of hydrogen-bond donors (Lipinski definition) is 1. The maximum atomic E-state index is 5.92. The lowest BCUT2D eigenvalue weighted by atomic mass is 9.74. The van der Waals surface area contributed by atoms with E-state index >= 15 is 0 Å². The van der Waals surface area contributed by atoms with Gasteiger partial charge >= 0.3 is 0 Å². The number of thioether (sulfide) groups is 1. The average molecular weight is 221 g/mol. The second-order valence-corrected chi connectivity index (χ2v) is 6.12. The molecule has 2 N–H and O–H groups in total. The maximum Gasteiger partial charge on any atom is 0.0354 e. The molecule has 2 atom stereocenters. The van der Waals surface area contributed by atoms with Crippen LogP contribution in [0, 0.1) is 12.8 Å². The van der Waals surface area contributed by atoms with Crippen LogP contribution < -0.4 is 5.73 Å². The van der Waals surface area contributed by atoms with Crippen LogP contribution in [0.5, 0.6) is 0 Å². The monoisotopic (exact) mass is 221 g/mol. The Balaban J connectivity index is 2.14. The second kappa shape index (κ2) is 4.18. The zero-order valence-electron chi connectivity index (χ0n) is 9.49. The molecule has 0 aliphatic heterocycles. The largest absolute Gasteiger partial charge is 0.329 e. The molecule has 0 bridgehead atoms. The summed E-state index contributed by atoms with van der Waals surface area (Å²) in [5.41, 5.74) is 7.26. The van der Waals surface area contributed by atoms with Crippen LogP contribution >= 0.6 is 11.8 Å². The van der Waals surface area contributed by atoms with Crippen molar-refractivity contribution in [3.8, 4) is 0 Å². The molecule has 0 amide bonds.